The van der Waals surface area contributed by atoms with Gasteiger partial charge in [-0.1, -0.05) is 12.1 Å². The van der Waals surface area contributed by atoms with E-state index in [9.17, 15) is 14.9 Å². The van der Waals surface area contributed by atoms with Crippen molar-refractivity contribution in [3.63, 3.8) is 0 Å². The van der Waals surface area contributed by atoms with E-state index in [-0.39, 0.29) is 24.6 Å². The number of nitriles is 1. The zero-order valence-electron chi connectivity index (χ0n) is 16.6. The van der Waals surface area contributed by atoms with Crippen LogP contribution in [0.3, 0.4) is 0 Å². The zero-order chi connectivity index (χ0) is 20.8. The average Bonchev–Trinajstić information content (AvgIpc) is 2.72. The summed E-state index contributed by atoms with van der Waals surface area (Å²) in [5.41, 5.74) is 2.22. The summed E-state index contributed by atoms with van der Waals surface area (Å²) < 4.78 is 11.8. The Balaban J connectivity index is 1.82. The van der Waals surface area contributed by atoms with Gasteiger partial charge in [-0.3, -0.25) is 9.59 Å². The van der Waals surface area contributed by atoms with Gasteiger partial charge >= 0.3 is 0 Å². The molecule has 8 heteroatoms. The highest BCUT2D eigenvalue weighted by molar-refractivity contribution is 5.94. The summed E-state index contributed by atoms with van der Waals surface area (Å²) in [7, 11) is 1.50. The molecule has 2 aromatic rings. The van der Waals surface area contributed by atoms with Crippen LogP contribution in [0, 0.1) is 18.3 Å². The normalized spacial score (nSPS) is 13.8. The highest BCUT2D eigenvalue weighted by atomic mass is 16.5. The van der Waals surface area contributed by atoms with E-state index >= 15 is 0 Å². The third kappa shape index (κ3) is 4.65. The van der Waals surface area contributed by atoms with Crippen LogP contribution in [0.25, 0.3) is 0 Å². The molecule has 1 amide bonds. The fraction of sp³-hybridized carbons (Fsp3) is 0.381. The van der Waals surface area contributed by atoms with Crippen molar-refractivity contribution >= 4 is 17.3 Å². The minimum Gasteiger partial charge on any atom is -0.380 e. The van der Waals surface area contributed by atoms with Crippen LogP contribution in [0.5, 0.6) is 0 Å². The number of aryl methyl sites for hydroxylation is 1. The zero-order valence-corrected chi connectivity index (χ0v) is 16.6. The number of aromatic nitrogens is 1. The number of ether oxygens (including phenoxy) is 2. The molecule has 0 unspecified atom stereocenters. The number of nitrogens with zero attached hydrogens (tertiary/aromatic N) is 3. The Bertz CT molecular complexity index is 987. The molecule has 3 rings (SSSR count). The molecule has 1 aliphatic rings. The maximum atomic E-state index is 12.7. The number of morpholine rings is 1. The van der Waals surface area contributed by atoms with Crippen molar-refractivity contribution in [2.24, 2.45) is 0 Å². The van der Waals surface area contributed by atoms with Crippen LogP contribution in [-0.2, 0) is 27.4 Å². The minimum atomic E-state index is -0.490. The molecule has 8 nitrogen and oxygen atoms in total. The Kier molecular flexibility index (Phi) is 6.65. The van der Waals surface area contributed by atoms with Crippen LogP contribution < -0.4 is 15.8 Å². The summed E-state index contributed by atoms with van der Waals surface area (Å²) in [4.78, 5) is 27.6. The molecule has 1 aromatic heterocycles. The number of rotatable bonds is 6. The van der Waals surface area contributed by atoms with Gasteiger partial charge in [0.25, 0.3) is 5.56 Å². The molecule has 0 saturated carbocycles. The molecule has 1 aromatic carbocycles. The monoisotopic (exact) mass is 396 g/mol. The highest BCUT2D eigenvalue weighted by Gasteiger charge is 2.18. The third-order valence-electron chi connectivity index (χ3n) is 4.83. The van der Waals surface area contributed by atoms with E-state index in [1.54, 1.807) is 13.0 Å². The Hall–Kier alpha value is -3.15. The lowest BCUT2D eigenvalue weighted by atomic mass is 10.1. The van der Waals surface area contributed by atoms with E-state index in [1.807, 2.05) is 30.3 Å². The van der Waals surface area contributed by atoms with Gasteiger partial charge in [0.2, 0.25) is 5.91 Å². The Morgan fingerprint density at radius 3 is 2.72 bits per heavy atom. The van der Waals surface area contributed by atoms with E-state index in [0.717, 1.165) is 18.8 Å². The number of amides is 1. The summed E-state index contributed by atoms with van der Waals surface area (Å²) in [6, 6.07) is 11.2. The molecule has 152 valence electrons. The minimum absolute atomic E-state index is 0.000957. The first-order valence-corrected chi connectivity index (χ1v) is 9.39. The van der Waals surface area contributed by atoms with Gasteiger partial charge in [-0.15, -0.1) is 0 Å². The number of pyridine rings is 1. The quantitative estimate of drug-likeness (QED) is 0.798. The van der Waals surface area contributed by atoms with E-state index in [4.69, 9.17) is 9.47 Å². The Morgan fingerprint density at radius 1 is 1.31 bits per heavy atom. The standard InChI is InChI=1S/C21H24N4O4/c1-15-11-16(14-28-2)17(12-22)21(27)25(15)13-20(26)23-18-5-3-4-6-19(18)24-7-9-29-10-8-24/h3-6,11H,7-10,13-14H2,1-2H3,(H,23,26). The maximum Gasteiger partial charge on any atom is 0.269 e. The van der Waals surface area contributed by atoms with Crippen LogP contribution in [0.2, 0.25) is 0 Å². The van der Waals surface area contributed by atoms with Crippen molar-refractivity contribution < 1.29 is 14.3 Å². The fourth-order valence-electron chi connectivity index (χ4n) is 3.41. The van der Waals surface area contributed by atoms with Crippen molar-refractivity contribution in [3.05, 3.63) is 57.5 Å². The lowest BCUT2D eigenvalue weighted by molar-refractivity contribution is -0.116. The van der Waals surface area contributed by atoms with Gasteiger partial charge in [-0.2, -0.15) is 5.26 Å². The lowest BCUT2D eigenvalue weighted by Crippen LogP contribution is -2.37. The molecule has 0 aliphatic carbocycles. The van der Waals surface area contributed by atoms with Crippen LogP contribution in [0.15, 0.2) is 35.1 Å². The second kappa shape index (κ2) is 9.37. The van der Waals surface area contributed by atoms with Crippen LogP contribution in [-0.4, -0.2) is 43.9 Å². The highest BCUT2D eigenvalue weighted by Crippen LogP contribution is 2.26. The summed E-state index contributed by atoms with van der Waals surface area (Å²) in [6.45, 7) is 4.50. The van der Waals surface area contributed by atoms with Crippen molar-refractivity contribution in [1.29, 1.82) is 5.26 Å². The maximum absolute atomic E-state index is 12.7. The van der Waals surface area contributed by atoms with E-state index in [0.29, 0.717) is 30.2 Å². The second-order valence-corrected chi connectivity index (χ2v) is 6.79. The number of carbonyl (C=O) groups excluding carboxylic acids is 1. The smallest absolute Gasteiger partial charge is 0.269 e. The van der Waals surface area contributed by atoms with Crippen molar-refractivity contribution in [3.8, 4) is 6.07 Å². The fourth-order valence-corrected chi connectivity index (χ4v) is 3.41. The SMILES string of the molecule is COCc1cc(C)n(CC(=O)Nc2ccccc2N2CCOCC2)c(=O)c1C#N. The molecule has 1 fully saturated rings. The largest absolute Gasteiger partial charge is 0.380 e. The summed E-state index contributed by atoms with van der Waals surface area (Å²) in [5, 5.41) is 12.3. The number of benzene rings is 1. The molecule has 1 saturated heterocycles. The van der Waals surface area contributed by atoms with E-state index < -0.39 is 5.56 Å². The van der Waals surface area contributed by atoms with Gasteiger partial charge in [-0.05, 0) is 25.1 Å². The second-order valence-electron chi connectivity index (χ2n) is 6.79. The number of methoxy groups -OCH3 is 1. The predicted molar refractivity (Wildman–Crippen MR) is 109 cm³/mol. The molecular formula is C21H24N4O4. The van der Waals surface area contributed by atoms with Gasteiger partial charge < -0.3 is 24.3 Å². The first-order chi connectivity index (χ1) is 14.0. The predicted octanol–water partition coefficient (Wildman–Crippen LogP) is 1.65. The Labute approximate surface area is 169 Å². The molecule has 1 aliphatic heterocycles. The van der Waals surface area contributed by atoms with Crippen LogP contribution in [0.4, 0.5) is 11.4 Å². The van der Waals surface area contributed by atoms with Crippen LogP contribution >= 0.6 is 0 Å². The molecular weight excluding hydrogens is 372 g/mol. The van der Waals surface area contributed by atoms with Gasteiger partial charge in [0.15, 0.2) is 0 Å². The Morgan fingerprint density at radius 2 is 2.03 bits per heavy atom. The molecule has 2 heterocycles. The summed E-state index contributed by atoms with van der Waals surface area (Å²) >= 11 is 0. The first kappa shape index (κ1) is 20.6. The van der Waals surface area contributed by atoms with E-state index in [2.05, 4.69) is 10.2 Å². The van der Waals surface area contributed by atoms with Crippen LogP contribution in [0.1, 0.15) is 16.8 Å². The number of para-hydroxylation sites is 2. The number of carbonyl (C=O) groups is 1. The van der Waals surface area contributed by atoms with Gasteiger partial charge in [-0.25, -0.2) is 0 Å². The molecule has 1 N–H and O–H groups in total. The summed E-state index contributed by atoms with van der Waals surface area (Å²) in [5.74, 6) is -0.334. The van der Waals surface area contributed by atoms with Gasteiger partial charge in [0.1, 0.15) is 18.2 Å². The molecule has 0 bridgehead atoms. The number of hydrogen-bond donors (Lipinski definition) is 1. The molecule has 0 spiro atoms. The van der Waals surface area contributed by atoms with Crippen molar-refractivity contribution in [1.82, 2.24) is 4.57 Å². The lowest BCUT2D eigenvalue weighted by Gasteiger charge is -2.30. The van der Waals surface area contributed by atoms with Gasteiger partial charge in [0, 0.05) is 31.5 Å². The van der Waals surface area contributed by atoms with E-state index in [1.165, 1.54) is 11.7 Å². The number of anilines is 2. The number of nitrogens with one attached hydrogen (secondary N) is 1. The van der Waals surface area contributed by atoms with Crippen molar-refractivity contribution in [2.75, 3.05) is 43.6 Å². The molecule has 29 heavy (non-hydrogen) atoms. The summed E-state index contributed by atoms with van der Waals surface area (Å²) in [6.07, 6.45) is 0. The molecule has 0 atom stereocenters. The first-order valence-electron chi connectivity index (χ1n) is 9.39. The molecule has 0 radical (unpaired) electrons. The number of hydrogen-bond acceptors (Lipinski definition) is 6. The topological polar surface area (TPSA) is 96.6 Å². The van der Waals surface area contributed by atoms with Crippen molar-refractivity contribution in [2.45, 2.75) is 20.1 Å². The van der Waals surface area contributed by atoms with Gasteiger partial charge in [0.05, 0.1) is 31.2 Å². The average molecular weight is 396 g/mol. The third-order valence-corrected chi connectivity index (χ3v) is 4.83.